The first-order valence-electron chi connectivity index (χ1n) is 9.18. The van der Waals surface area contributed by atoms with Crippen molar-refractivity contribution < 1.29 is 27.4 Å². The molecule has 1 aliphatic rings. The molecule has 10 heteroatoms. The number of halogens is 1. The van der Waals surface area contributed by atoms with Gasteiger partial charge in [-0.15, -0.1) is 0 Å². The molecule has 29 heavy (non-hydrogen) atoms. The summed E-state index contributed by atoms with van der Waals surface area (Å²) in [5.41, 5.74) is 0.946. The van der Waals surface area contributed by atoms with E-state index in [0.717, 1.165) is 29.6 Å². The summed E-state index contributed by atoms with van der Waals surface area (Å²) in [5, 5.41) is 8.98. The van der Waals surface area contributed by atoms with Crippen molar-refractivity contribution in [2.24, 2.45) is 0 Å². The highest BCUT2D eigenvalue weighted by Crippen LogP contribution is 2.24. The normalized spacial score (nSPS) is 19.7. The summed E-state index contributed by atoms with van der Waals surface area (Å²) in [6.45, 7) is 3.72. The third-order valence-electron chi connectivity index (χ3n) is 4.71. The molecule has 8 nitrogen and oxygen atoms in total. The molecule has 1 aliphatic carbocycles. The lowest BCUT2D eigenvalue weighted by Crippen LogP contribution is -2.39. The summed E-state index contributed by atoms with van der Waals surface area (Å²) in [6, 6.07) is 4.57. The highest BCUT2D eigenvalue weighted by Gasteiger charge is 2.28. The Balaban J connectivity index is 1.61. The van der Waals surface area contributed by atoms with Crippen LogP contribution in [-0.2, 0) is 10.0 Å². The van der Waals surface area contributed by atoms with Gasteiger partial charge in [0, 0.05) is 17.4 Å². The molecule has 0 atom stereocenters. The Morgan fingerprint density at radius 3 is 2.34 bits per heavy atom. The van der Waals surface area contributed by atoms with Crippen LogP contribution in [-0.4, -0.2) is 41.6 Å². The fraction of sp³-hybridized carbons (Fsp3) is 0.421. The van der Waals surface area contributed by atoms with Gasteiger partial charge in [-0.3, -0.25) is 0 Å². The van der Waals surface area contributed by atoms with Crippen LogP contribution in [0.15, 0.2) is 29.2 Å². The first-order chi connectivity index (χ1) is 13.6. The molecule has 156 valence electrons. The number of hydrogen-bond acceptors (Lipinski definition) is 6. The average Bonchev–Trinajstić information content (AvgIpc) is 2.62. The van der Waals surface area contributed by atoms with Crippen LogP contribution in [0.25, 0.3) is 0 Å². The van der Waals surface area contributed by atoms with Gasteiger partial charge >= 0.3 is 12.0 Å². The molecular formula is C19H22FN3O5S. The summed E-state index contributed by atoms with van der Waals surface area (Å²) >= 11 is 0. The Morgan fingerprint density at radius 1 is 1.14 bits per heavy atom. The predicted molar refractivity (Wildman–Crippen MR) is 102 cm³/mol. The molecule has 0 saturated heterocycles. The number of rotatable bonds is 6. The maximum Gasteiger partial charge on any atom is 0.338 e. The lowest BCUT2D eigenvalue weighted by Gasteiger charge is -2.28. The minimum Gasteiger partial charge on any atom is -0.478 e. The Kier molecular flexibility index (Phi) is 6.13. The molecule has 0 aliphatic heterocycles. The molecule has 0 unspecified atom stereocenters. The zero-order chi connectivity index (χ0) is 21.2. The van der Waals surface area contributed by atoms with Crippen molar-refractivity contribution in [1.82, 2.24) is 14.7 Å². The number of carbonyl (C=O) groups is 1. The molecule has 2 N–H and O–H groups in total. The van der Waals surface area contributed by atoms with Gasteiger partial charge in [-0.2, -0.15) is 0 Å². The van der Waals surface area contributed by atoms with Gasteiger partial charge in [-0.05, 0) is 63.8 Å². The van der Waals surface area contributed by atoms with Gasteiger partial charge in [0.25, 0.3) is 0 Å². The number of hydrogen-bond donors (Lipinski definition) is 2. The number of sulfonamides is 1. The van der Waals surface area contributed by atoms with Crippen molar-refractivity contribution >= 4 is 16.0 Å². The minimum absolute atomic E-state index is 0.110. The van der Waals surface area contributed by atoms with E-state index in [1.165, 1.54) is 0 Å². The van der Waals surface area contributed by atoms with Crippen LogP contribution >= 0.6 is 0 Å². The molecule has 0 bridgehead atoms. The van der Waals surface area contributed by atoms with Crippen molar-refractivity contribution in [1.29, 1.82) is 0 Å². The number of nitrogens with zero attached hydrogens (tertiary/aromatic N) is 2. The Labute approximate surface area is 168 Å². The second-order valence-corrected chi connectivity index (χ2v) is 8.81. The lowest BCUT2D eigenvalue weighted by molar-refractivity contribution is 0.0691. The second kappa shape index (κ2) is 8.42. The van der Waals surface area contributed by atoms with Crippen molar-refractivity contribution in [3.63, 3.8) is 0 Å². The number of nitrogens with one attached hydrogen (secondary N) is 1. The molecule has 0 spiro atoms. The third kappa shape index (κ3) is 5.27. The third-order valence-corrected chi connectivity index (χ3v) is 6.23. The van der Waals surface area contributed by atoms with E-state index < -0.39 is 27.4 Å². The zero-order valence-corrected chi connectivity index (χ0v) is 16.9. The largest absolute Gasteiger partial charge is 0.478 e. The number of aromatic carboxylic acids is 1. The fourth-order valence-electron chi connectivity index (χ4n) is 3.32. The Morgan fingerprint density at radius 2 is 1.76 bits per heavy atom. The maximum atomic E-state index is 13.5. The highest BCUT2D eigenvalue weighted by molar-refractivity contribution is 7.89. The molecule has 1 aromatic heterocycles. The Bertz CT molecular complexity index is 1000. The molecule has 3 rings (SSSR count). The fourth-order valence-corrected chi connectivity index (χ4v) is 4.65. The summed E-state index contributed by atoms with van der Waals surface area (Å²) in [7, 11) is -3.97. The molecule has 2 aromatic rings. The average molecular weight is 423 g/mol. The molecule has 1 fully saturated rings. The van der Waals surface area contributed by atoms with Crippen LogP contribution in [0.2, 0.25) is 0 Å². The second-order valence-electron chi connectivity index (χ2n) is 7.09. The van der Waals surface area contributed by atoms with Crippen molar-refractivity contribution in [3.05, 3.63) is 47.0 Å². The quantitative estimate of drug-likeness (QED) is 0.733. The molecule has 1 heterocycles. The minimum atomic E-state index is -3.97. The van der Waals surface area contributed by atoms with Crippen molar-refractivity contribution in [3.8, 4) is 6.01 Å². The zero-order valence-electron chi connectivity index (χ0n) is 16.1. The topological polar surface area (TPSA) is 118 Å². The number of aryl methyl sites for hydroxylation is 2. The highest BCUT2D eigenvalue weighted by atomic mass is 32.2. The van der Waals surface area contributed by atoms with Crippen LogP contribution in [0.1, 0.15) is 47.4 Å². The summed E-state index contributed by atoms with van der Waals surface area (Å²) in [6.07, 6.45) is 2.21. The standard InChI is InChI=1S/C19H22FN3O5S/c1-11-9-12(2)22-19(21-11)28-14-5-3-13(4-6-14)23-29(26,27)15-7-8-17(20)16(10-15)18(24)25/h7-10,13-14,23H,3-6H2,1-2H3,(H,24,25). The SMILES string of the molecule is Cc1cc(C)nc(OC2CCC(NS(=O)(=O)c3ccc(F)c(C(=O)O)c3)CC2)n1. The van der Waals surface area contributed by atoms with E-state index in [2.05, 4.69) is 14.7 Å². The molecule has 1 aromatic carbocycles. The first kappa shape index (κ1) is 21.1. The van der Waals surface area contributed by atoms with Gasteiger partial charge in [-0.25, -0.2) is 32.3 Å². The number of carboxylic acid groups (broad SMARTS) is 1. The summed E-state index contributed by atoms with van der Waals surface area (Å²) in [5.74, 6) is -2.51. The molecule has 1 saturated carbocycles. The van der Waals surface area contributed by atoms with Gasteiger partial charge in [0.15, 0.2) is 0 Å². The van der Waals surface area contributed by atoms with E-state index >= 15 is 0 Å². The Hall–Kier alpha value is -2.59. The van der Waals surface area contributed by atoms with Crippen molar-refractivity contribution in [2.75, 3.05) is 0 Å². The maximum absolute atomic E-state index is 13.5. The van der Waals surface area contributed by atoms with E-state index in [0.29, 0.717) is 31.7 Å². The van der Waals surface area contributed by atoms with Crippen LogP contribution in [0.3, 0.4) is 0 Å². The summed E-state index contributed by atoms with van der Waals surface area (Å²) in [4.78, 5) is 19.3. The number of carboxylic acids is 1. The molecule has 0 amide bonds. The van der Waals surface area contributed by atoms with Crippen LogP contribution in [0.5, 0.6) is 6.01 Å². The lowest BCUT2D eigenvalue weighted by atomic mass is 9.94. The monoisotopic (exact) mass is 423 g/mol. The van der Waals surface area contributed by atoms with E-state index in [4.69, 9.17) is 9.84 Å². The molecule has 0 radical (unpaired) electrons. The van der Waals surface area contributed by atoms with Gasteiger partial charge in [0.05, 0.1) is 10.5 Å². The molecular weight excluding hydrogens is 401 g/mol. The van der Waals surface area contributed by atoms with Gasteiger partial charge in [-0.1, -0.05) is 0 Å². The van der Waals surface area contributed by atoms with Gasteiger partial charge < -0.3 is 9.84 Å². The van der Waals surface area contributed by atoms with Crippen LogP contribution in [0, 0.1) is 19.7 Å². The van der Waals surface area contributed by atoms with Gasteiger partial charge in [0.1, 0.15) is 11.9 Å². The van der Waals surface area contributed by atoms with E-state index in [1.807, 2.05) is 19.9 Å². The predicted octanol–water partition coefficient (Wildman–Crippen LogP) is 2.60. The number of aromatic nitrogens is 2. The number of benzene rings is 1. The van der Waals surface area contributed by atoms with E-state index in [9.17, 15) is 17.6 Å². The van der Waals surface area contributed by atoms with Crippen LogP contribution in [0.4, 0.5) is 4.39 Å². The smallest absolute Gasteiger partial charge is 0.338 e. The number of ether oxygens (including phenoxy) is 1. The van der Waals surface area contributed by atoms with E-state index in [1.54, 1.807) is 0 Å². The van der Waals surface area contributed by atoms with Crippen molar-refractivity contribution in [2.45, 2.75) is 56.6 Å². The van der Waals surface area contributed by atoms with Crippen LogP contribution < -0.4 is 9.46 Å². The van der Waals surface area contributed by atoms with Gasteiger partial charge in [0.2, 0.25) is 10.0 Å². The summed E-state index contributed by atoms with van der Waals surface area (Å²) < 4.78 is 47.0. The van der Waals surface area contributed by atoms with E-state index in [-0.39, 0.29) is 17.0 Å². The first-order valence-corrected chi connectivity index (χ1v) is 10.7.